The molecule has 0 aliphatic carbocycles. The average Bonchev–Trinajstić information content (AvgIpc) is 3.35. The molecule has 5 rings (SSSR count). The molecule has 0 spiro atoms. The molecule has 0 bridgehead atoms. The Hall–Kier alpha value is -3.28. The van der Waals surface area contributed by atoms with Crippen LogP contribution >= 0.6 is 23.4 Å². The molecule has 146 valence electrons. The summed E-state index contributed by atoms with van der Waals surface area (Å²) in [6.07, 6.45) is 1.71. The number of rotatable bonds is 3. The van der Waals surface area contributed by atoms with E-state index in [4.69, 9.17) is 16.0 Å². The van der Waals surface area contributed by atoms with Crippen molar-refractivity contribution >= 4 is 57.0 Å². The SMILES string of the molecule is O=C1NC(=Nc2ccc3ccccc3c2)S/C1=C/c1ccc(-c2ccccc2Cl)o1. The highest BCUT2D eigenvalue weighted by atomic mass is 35.5. The van der Waals surface area contributed by atoms with Gasteiger partial charge >= 0.3 is 0 Å². The van der Waals surface area contributed by atoms with Gasteiger partial charge in [0.15, 0.2) is 5.17 Å². The van der Waals surface area contributed by atoms with E-state index in [1.165, 1.54) is 11.8 Å². The quantitative estimate of drug-likeness (QED) is 0.370. The first-order valence-electron chi connectivity index (χ1n) is 9.29. The monoisotopic (exact) mass is 430 g/mol. The number of thioether (sulfide) groups is 1. The number of amides is 1. The van der Waals surface area contributed by atoms with Gasteiger partial charge in [0.05, 0.1) is 15.6 Å². The van der Waals surface area contributed by atoms with Crippen LogP contribution in [-0.4, -0.2) is 11.1 Å². The smallest absolute Gasteiger partial charge is 0.264 e. The fourth-order valence-electron chi connectivity index (χ4n) is 3.21. The molecule has 0 unspecified atom stereocenters. The van der Waals surface area contributed by atoms with Crippen molar-refractivity contribution in [3.63, 3.8) is 0 Å². The minimum Gasteiger partial charge on any atom is -0.457 e. The van der Waals surface area contributed by atoms with Crippen LogP contribution < -0.4 is 5.32 Å². The van der Waals surface area contributed by atoms with Gasteiger partial charge in [-0.15, -0.1) is 0 Å². The first-order chi connectivity index (χ1) is 14.7. The number of carbonyl (C=O) groups is 1. The summed E-state index contributed by atoms with van der Waals surface area (Å²) in [5.41, 5.74) is 1.60. The molecule has 0 saturated carbocycles. The third kappa shape index (κ3) is 3.77. The fraction of sp³-hybridized carbons (Fsp3) is 0. The maximum atomic E-state index is 12.4. The van der Waals surface area contributed by atoms with Gasteiger partial charge in [0.2, 0.25) is 0 Å². The second kappa shape index (κ2) is 7.86. The number of amidine groups is 1. The van der Waals surface area contributed by atoms with Crippen LogP contribution in [0.4, 0.5) is 5.69 Å². The third-order valence-corrected chi connectivity index (χ3v) is 5.89. The molecule has 1 N–H and O–H groups in total. The van der Waals surface area contributed by atoms with Crippen LogP contribution in [0.5, 0.6) is 0 Å². The number of hydrogen-bond donors (Lipinski definition) is 1. The molecule has 1 saturated heterocycles. The minimum absolute atomic E-state index is 0.199. The van der Waals surface area contributed by atoms with Gasteiger partial charge in [0.1, 0.15) is 11.5 Å². The summed E-state index contributed by atoms with van der Waals surface area (Å²) in [5.74, 6) is 1.03. The lowest BCUT2D eigenvalue weighted by Crippen LogP contribution is -2.19. The molecule has 2 heterocycles. The molecule has 1 aliphatic heterocycles. The van der Waals surface area contributed by atoms with E-state index >= 15 is 0 Å². The number of furan rings is 1. The van der Waals surface area contributed by atoms with Crippen molar-refractivity contribution in [1.82, 2.24) is 5.32 Å². The Balaban J connectivity index is 1.39. The number of benzene rings is 3. The van der Waals surface area contributed by atoms with Crippen LogP contribution in [0.3, 0.4) is 0 Å². The molecule has 1 fully saturated rings. The summed E-state index contributed by atoms with van der Waals surface area (Å²) >= 11 is 7.52. The summed E-state index contributed by atoms with van der Waals surface area (Å²) in [6.45, 7) is 0. The van der Waals surface area contributed by atoms with E-state index in [1.807, 2.05) is 72.8 Å². The van der Waals surface area contributed by atoms with Gasteiger partial charge in [-0.25, -0.2) is 4.99 Å². The van der Waals surface area contributed by atoms with Gasteiger partial charge in [0, 0.05) is 11.6 Å². The van der Waals surface area contributed by atoms with Gasteiger partial charge in [-0.2, -0.15) is 0 Å². The molecule has 1 aromatic heterocycles. The second-order valence-electron chi connectivity index (χ2n) is 6.70. The molecule has 1 aliphatic rings. The van der Waals surface area contributed by atoms with E-state index in [-0.39, 0.29) is 5.91 Å². The number of nitrogens with one attached hydrogen (secondary N) is 1. The Kier molecular flexibility index (Phi) is 4.91. The normalized spacial score (nSPS) is 16.5. The van der Waals surface area contributed by atoms with Crippen LogP contribution in [0.2, 0.25) is 5.02 Å². The molecule has 30 heavy (non-hydrogen) atoms. The Morgan fingerprint density at radius 1 is 0.933 bits per heavy atom. The fourth-order valence-corrected chi connectivity index (χ4v) is 4.26. The zero-order valence-corrected chi connectivity index (χ0v) is 17.2. The number of carbonyl (C=O) groups excluding carboxylic acids is 1. The second-order valence-corrected chi connectivity index (χ2v) is 8.13. The van der Waals surface area contributed by atoms with Crippen molar-refractivity contribution in [2.24, 2.45) is 4.99 Å². The zero-order valence-electron chi connectivity index (χ0n) is 15.6. The van der Waals surface area contributed by atoms with Crippen LogP contribution in [0.15, 0.2) is 93.2 Å². The molecular formula is C24H15ClN2O2S. The van der Waals surface area contributed by atoms with E-state index in [0.29, 0.717) is 26.6 Å². The first kappa shape index (κ1) is 18.7. The molecule has 3 aromatic carbocycles. The van der Waals surface area contributed by atoms with Crippen molar-refractivity contribution in [2.45, 2.75) is 0 Å². The lowest BCUT2D eigenvalue weighted by atomic mass is 10.1. The number of fused-ring (bicyclic) bond motifs is 1. The van der Waals surface area contributed by atoms with Crippen molar-refractivity contribution in [3.8, 4) is 11.3 Å². The van der Waals surface area contributed by atoms with Crippen molar-refractivity contribution in [1.29, 1.82) is 0 Å². The van der Waals surface area contributed by atoms with Gasteiger partial charge in [0.25, 0.3) is 5.91 Å². The van der Waals surface area contributed by atoms with Gasteiger partial charge in [-0.05, 0) is 58.9 Å². The number of nitrogens with zero attached hydrogens (tertiary/aromatic N) is 1. The molecular weight excluding hydrogens is 416 g/mol. The Labute approximate surface area is 182 Å². The van der Waals surface area contributed by atoms with E-state index in [1.54, 1.807) is 6.08 Å². The van der Waals surface area contributed by atoms with E-state index in [0.717, 1.165) is 22.0 Å². The Morgan fingerprint density at radius 2 is 1.73 bits per heavy atom. The standard InChI is InChI=1S/C24H15ClN2O2S/c25-20-8-4-3-7-19(20)21-12-11-18(29-21)14-22-23(28)27-24(30-22)26-17-10-9-15-5-1-2-6-16(15)13-17/h1-14H,(H,26,27,28)/b22-14+. The van der Waals surface area contributed by atoms with Gasteiger partial charge in [-0.1, -0.05) is 54.1 Å². The number of aliphatic imine (C=N–C) groups is 1. The predicted molar refractivity (Wildman–Crippen MR) is 124 cm³/mol. The van der Waals surface area contributed by atoms with Crippen LogP contribution in [0.25, 0.3) is 28.2 Å². The van der Waals surface area contributed by atoms with Crippen molar-refractivity contribution in [2.75, 3.05) is 0 Å². The molecule has 0 atom stereocenters. The highest BCUT2D eigenvalue weighted by Gasteiger charge is 2.24. The predicted octanol–water partition coefficient (Wildman–Crippen LogP) is 6.64. The molecule has 0 radical (unpaired) electrons. The van der Waals surface area contributed by atoms with E-state index in [9.17, 15) is 4.79 Å². The van der Waals surface area contributed by atoms with Gasteiger partial charge < -0.3 is 9.73 Å². The average molecular weight is 431 g/mol. The maximum Gasteiger partial charge on any atom is 0.264 e. The van der Waals surface area contributed by atoms with Crippen LogP contribution in [0.1, 0.15) is 5.76 Å². The number of halogens is 1. The maximum absolute atomic E-state index is 12.4. The number of hydrogen-bond acceptors (Lipinski definition) is 4. The lowest BCUT2D eigenvalue weighted by Gasteiger charge is -2.00. The van der Waals surface area contributed by atoms with E-state index < -0.39 is 0 Å². The van der Waals surface area contributed by atoms with Crippen LogP contribution in [-0.2, 0) is 4.79 Å². The highest BCUT2D eigenvalue weighted by molar-refractivity contribution is 8.18. The highest BCUT2D eigenvalue weighted by Crippen LogP contribution is 2.32. The summed E-state index contributed by atoms with van der Waals surface area (Å²) in [6, 6.07) is 25.2. The molecule has 4 nitrogen and oxygen atoms in total. The topological polar surface area (TPSA) is 54.6 Å². The largest absolute Gasteiger partial charge is 0.457 e. The Morgan fingerprint density at radius 3 is 2.60 bits per heavy atom. The minimum atomic E-state index is -0.199. The molecule has 1 amide bonds. The summed E-state index contributed by atoms with van der Waals surface area (Å²) in [4.78, 5) is 17.5. The summed E-state index contributed by atoms with van der Waals surface area (Å²) in [5, 5.41) is 6.22. The van der Waals surface area contributed by atoms with Crippen LogP contribution in [0, 0.1) is 0 Å². The first-order valence-corrected chi connectivity index (χ1v) is 10.5. The summed E-state index contributed by atoms with van der Waals surface area (Å²) in [7, 11) is 0. The van der Waals surface area contributed by atoms with E-state index in [2.05, 4.69) is 16.4 Å². The Bertz CT molecular complexity index is 1340. The molecule has 6 heteroatoms. The van der Waals surface area contributed by atoms with Crippen molar-refractivity contribution in [3.05, 3.63) is 94.6 Å². The summed E-state index contributed by atoms with van der Waals surface area (Å²) < 4.78 is 5.87. The molecule has 4 aromatic rings. The lowest BCUT2D eigenvalue weighted by molar-refractivity contribution is -0.115. The van der Waals surface area contributed by atoms with Gasteiger partial charge in [-0.3, -0.25) is 4.79 Å². The van der Waals surface area contributed by atoms with Crippen molar-refractivity contribution < 1.29 is 9.21 Å². The zero-order chi connectivity index (χ0) is 20.5. The third-order valence-electron chi connectivity index (χ3n) is 4.65.